The van der Waals surface area contributed by atoms with E-state index < -0.39 is 0 Å². The van der Waals surface area contributed by atoms with Crippen molar-refractivity contribution in [2.24, 2.45) is 5.41 Å². The Hall–Kier alpha value is -0.780. The third kappa shape index (κ3) is 0.841. The molecule has 0 unspecified atom stereocenters. The van der Waals surface area contributed by atoms with Crippen LogP contribution in [0.25, 0.3) is 0 Å². The van der Waals surface area contributed by atoms with Crippen LogP contribution in [0.2, 0.25) is 0 Å². The Labute approximate surface area is 73.6 Å². The van der Waals surface area contributed by atoms with Crippen LogP contribution < -0.4 is 0 Å². The van der Waals surface area contributed by atoms with Crippen molar-refractivity contribution in [1.82, 2.24) is 0 Å². The molecule has 0 atom stereocenters. The zero-order chi connectivity index (χ0) is 8.02. The molecule has 0 amide bonds. The van der Waals surface area contributed by atoms with E-state index in [1.807, 2.05) is 5.92 Å². The fraction of sp³-hybridized carbons (Fsp3) is 0.417. The molecule has 0 N–H and O–H groups in total. The van der Waals surface area contributed by atoms with E-state index in [1.54, 1.807) is 0 Å². The number of rotatable bonds is 2. The van der Waals surface area contributed by atoms with Crippen molar-refractivity contribution in [3.63, 3.8) is 0 Å². The molecule has 61 valence electrons. The summed E-state index contributed by atoms with van der Waals surface area (Å²) >= 11 is 0. The van der Waals surface area contributed by atoms with Gasteiger partial charge in [0.05, 0.1) is 0 Å². The minimum atomic E-state index is 0.733. The Morgan fingerprint density at radius 3 is 2.17 bits per heavy atom. The van der Waals surface area contributed by atoms with Gasteiger partial charge < -0.3 is 0 Å². The molecular weight excluding hydrogens is 144 g/mol. The summed E-state index contributed by atoms with van der Waals surface area (Å²) in [6.45, 7) is 0. The maximum Gasteiger partial charge on any atom is -0.0221 e. The average molecular weight is 157 g/mol. The third-order valence-electron chi connectivity index (χ3n) is 3.30. The standard InChI is InChI=1S/C12H13/c1-2-4-10(5-3-1)6-12-7-11(8-12)9-12/h1-5H,6-9H2. The first-order chi connectivity index (χ1) is 5.86. The first-order valence-corrected chi connectivity index (χ1v) is 4.74. The van der Waals surface area contributed by atoms with E-state index in [0.717, 1.165) is 5.41 Å². The summed E-state index contributed by atoms with van der Waals surface area (Å²) in [5.41, 5.74) is 2.26. The van der Waals surface area contributed by atoms with Crippen LogP contribution >= 0.6 is 0 Å². The van der Waals surface area contributed by atoms with E-state index in [1.165, 1.54) is 31.2 Å². The average Bonchev–Trinajstić information content (AvgIpc) is 1.97. The first-order valence-electron chi connectivity index (χ1n) is 4.74. The van der Waals surface area contributed by atoms with Gasteiger partial charge >= 0.3 is 0 Å². The molecule has 0 heteroatoms. The smallest absolute Gasteiger partial charge is 0.0221 e. The summed E-state index contributed by atoms with van der Waals surface area (Å²) in [4.78, 5) is 0. The van der Waals surface area contributed by atoms with E-state index in [2.05, 4.69) is 30.3 Å². The second-order valence-electron chi connectivity index (χ2n) is 4.44. The van der Waals surface area contributed by atoms with Gasteiger partial charge in [-0.1, -0.05) is 30.3 Å². The molecule has 12 heavy (non-hydrogen) atoms. The number of hydrogen-bond acceptors (Lipinski definition) is 0. The maximum absolute atomic E-state index is 2.26. The molecule has 3 aliphatic carbocycles. The lowest BCUT2D eigenvalue weighted by Crippen LogP contribution is -2.51. The molecule has 3 aliphatic rings. The van der Waals surface area contributed by atoms with Gasteiger partial charge in [0.1, 0.15) is 0 Å². The monoisotopic (exact) mass is 157 g/mol. The van der Waals surface area contributed by atoms with Gasteiger partial charge in [-0.15, -0.1) is 0 Å². The first kappa shape index (κ1) is 6.71. The Balaban J connectivity index is 1.75. The van der Waals surface area contributed by atoms with Crippen molar-refractivity contribution in [3.05, 3.63) is 41.8 Å². The molecule has 0 nitrogen and oxygen atoms in total. The normalized spacial score (nSPS) is 24.3. The third-order valence-corrected chi connectivity index (χ3v) is 3.30. The van der Waals surface area contributed by atoms with E-state index in [9.17, 15) is 0 Å². The van der Waals surface area contributed by atoms with Crippen LogP contribution in [0.4, 0.5) is 0 Å². The van der Waals surface area contributed by atoms with Crippen LogP contribution in [0, 0.1) is 11.3 Å². The molecule has 4 rings (SSSR count). The van der Waals surface area contributed by atoms with Crippen molar-refractivity contribution >= 4 is 0 Å². The van der Waals surface area contributed by atoms with E-state index in [4.69, 9.17) is 0 Å². The second kappa shape index (κ2) is 2.12. The summed E-state index contributed by atoms with van der Waals surface area (Å²) in [6.07, 6.45) is 5.61. The Bertz CT molecular complexity index is 269. The van der Waals surface area contributed by atoms with Crippen LogP contribution in [-0.4, -0.2) is 0 Å². The highest BCUT2D eigenvalue weighted by molar-refractivity contribution is 5.30. The molecule has 1 aromatic carbocycles. The summed E-state index contributed by atoms with van der Waals surface area (Å²) in [5.74, 6) is 1.81. The summed E-state index contributed by atoms with van der Waals surface area (Å²) in [6, 6.07) is 10.9. The van der Waals surface area contributed by atoms with E-state index >= 15 is 0 Å². The Morgan fingerprint density at radius 2 is 1.67 bits per heavy atom. The second-order valence-corrected chi connectivity index (χ2v) is 4.44. The SMILES string of the molecule is c1ccc(CC23C[C](C2)C3)cc1. The van der Waals surface area contributed by atoms with Crippen molar-refractivity contribution < 1.29 is 0 Å². The molecule has 0 saturated heterocycles. The largest absolute Gasteiger partial charge is 0.0622 e. The molecule has 0 spiro atoms. The fourth-order valence-electron chi connectivity index (χ4n) is 2.65. The Kier molecular flexibility index (Phi) is 1.19. The van der Waals surface area contributed by atoms with Crippen LogP contribution in [0.5, 0.6) is 0 Å². The van der Waals surface area contributed by atoms with Gasteiger partial charge in [0.2, 0.25) is 0 Å². The lowest BCUT2D eigenvalue weighted by Gasteiger charge is -2.62. The van der Waals surface area contributed by atoms with Gasteiger partial charge in [0, 0.05) is 0 Å². The van der Waals surface area contributed by atoms with Crippen LogP contribution in [-0.2, 0) is 6.42 Å². The van der Waals surface area contributed by atoms with Crippen LogP contribution in [0.1, 0.15) is 24.8 Å². The zero-order valence-corrected chi connectivity index (χ0v) is 7.22. The van der Waals surface area contributed by atoms with Crippen molar-refractivity contribution in [1.29, 1.82) is 0 Å². The van der Waals surface area contributed by atoms with Gasteiger partial charge in [0.15, 0.2) is 0 Å². The fourth-order valence-corrected chi connectivity index (χ4v) is 2.65. The maximum atomic E-state index is 2.26. The van der Waals surface area contributed by atoms with Crippen molar-refractivity contribution in [3.8, 4) is 0 Å². The lowest BCUT2D eigenvalue weighted by molar-refractivity contribution is 0.0264. The highest BCUT2D eigenvalue weighted by Gasteiger charge is 2.56. The molecule has 3 fully saturated rings. The topological polar surface area (TPSA) is 0 Å². The quantitative estimate of drug-likeness (QED) is 0.619. The molecule has 1 radical (unpaired) electrons. The van der Waals surface area contributed by atoms with Gasteiger partial charge in [0.25, 0.3) is 0 Å². The zero-order valence-electron chi connectivity index (χ0n) is 7.22. The molecule has 1 aromatic rings. The Morgan fingerprint density at radius 1 is 1.00 bits per heavy atom. The number of hydrogen-bond donors (Lipinski definition) is 0. The van der Waals surface area contributed by atoms with Crippen LogP contribution in [0.15, 0.2) is 30.3 Å². The molecular formula is C12H13. The molecule has 3 saturated carbocycles. The molecule has 0 aliphatic heterocycles. The van der Waals surface area contributed by atoms with Crippen molar-refractivity contribution in [2.75, 3.05) is 0 Å². The predicted molar refractivity (Wildman–Crippen MR) is 49.7 cm³/mol. The van der Waals surface area contributed by atoms with Gasteiger partial charge in [-0.05, 0) is 42.6 Å². The summed E-state index contributed by atoms with van der Waals surface area (Å²) in [7, 11) is 0. The van der Waals surface area contributed by atoms with E-state index in [-0.39, 0.29) is 0 Å². The highest BCUT2D eigenvalue weighted by atomic mass is 14.6. The van der Waals surface area contributed by atoms with Gasteiger partial charge in [-0.3, -0.25) is 0 Å². The lowest BCUT2D eigenvalue weighted by atomic mass is 9.43. The van der Waals surface area contributed by atoms with Gasteiger partial charge in [-0.2, -0.15) is 0 Å². The van der Waals surface area contributed by atoms with Crippen molar-refractivity contribution in [2.45, 2.75) is 25.7 Å². The van der Waals surface area contributed by atoms with Crippen LogP contribution in [0.3, 0.4) is 0 Å². The number of benzene rings is 1. The minimum absolute atomic E-state index is 0.733. The molecule has 0 heterocycles. The summed E-state index contributed by atoms with van der Waals surface area (Å²) < 4.78 is 0. The summed E-state index contributed by atoms with van der Waals surface area (Å²) in [5, 5.41) is 0. The van der Waals surface area contributed by atoms with Gasteiger partial charge in [-0.25, -0.2) is 0 Å². The predicted octanol–water partition coefficient (Wildman–Crippen LogP) is 2.99. The highest BCUT2D eigenvalue weighted by Crippen LogP contribution is 2.67. The van der Waals surface area contributed by atoms with E-state index in [0.29, 0.717) is 0 Å². The molecule has 0 aromatic heterocycles. The molecule has 2 bridgehead atoms. The minimum Gasteiger partial charge on any atom is -0.0622 e.